The van der Waals surface area contributed by atoms with E-state index in [0.717, 1.165) is 22.3 Å². The summed E-state index contributed by atoms with van der Waals surface area (Å²) in [6, 6.07) is 19.7. The van der Waals surface area contributed by atoms with E-state index in [-0.39, 0.29) is 12.3 Å². The molecule has 0 saturated carbocycles. The number of rotatable bonds is 7. The van der Waals surface area contributed by atoms with Gasteiger partial charge in [0.05, 0.1) is 4.88 Å². The first-order valence-corrected chi connectivity index (χ1v) is 12.5. The van der Waals surface area contributed by atoms with Gasteiger partial charge < -0.3 is 10.4 Å². The number of aliphatic carboxylic acids is 1. The van der Waals surface area contributed by atoms with E-state index < -0.39 is 12.0 Å². The van der Waals surface area contributed by atoms with Gasteiger partial charge in [-0.15, -0.1) is 11.3 Å². The van der Waals surface area contributed by atoms with Crippen LogP contribution in [0.15, 0.2) is 84.5 Å². The second-order valence-electron chi connectivity index (χ2n) is 6.90. The third-order valence-electron chi connectivity index (χ3n) is 4.76. The average molecular weight is 490 g/mol. The Morgan fingerprint density at radius 3 is 2.00 bits per heavy atom. The second-order valence-corrected chi connectivity index (χ2v) is 7.85. The van der Waals surface area contributed by atoms with E-state index in [4.69, 9.17) is 0 Å². The highest BCUT2D eigenvalue weighted by Crippen LogP contribution is 2.21. The van der Waals surface area contributed by atoms with Crippen LogP contribution in [0.4, 0.5) is 0 Å². The number of hydrogen-bond acceptors (Lipinski definition) is 5. The minimum atomic E-state index is -1.08. The molecule has 2 N–H and O–H groups in total. The zero-order valence-corrected chi connectivity index (χ0v) is 21.3. The van der Waals surface area contributed by atoms with E-state index in [2.05, 4.69) is 15.3 Å². The molecule has 0 aliphatic carbocycles. The molecule has 2 aromatic heterocycles. The van der Waals surface area contributed by atoms with E-state index in [1.165, 1.54) is 11.3 Å². The first-order chi connectivity index (χ1) is 17.1. The Morgan fingerprint density at radius 1 is 0.829 bits per heavy atom. The number of hydrogen-bond donors (Lipinski definition) is 2. The van der Waals surface area contributed by atoms with Crippen molar-refractivity contribution in [2.75, 3.05) is 0 Å². The van der Waals surface area contributed by atoms with Crippen LogP contribution in [0.1, 0.15) is 42.9 Å². The fourth-order valence-electron chi connectivity index (χ4n) is 3.12. The SMILES string of the molecule is CC.CC.O=C(NC(Cc1ccc(-c2ncc(-c3ccccc3)cn2)cc1)C(=O)O)c1cccs1. The number of nitrogens with zero attached hydrogens (tertiary/aromatic N) is 2. The van der Waals surface area contributed by atoms with Crippen molar-refractivity contribution in [2.45, 2.75) is 40.2 Å². The molecule has 0 spiro atoms. The van der Waals surface area contributed by atoms with Crippen LogP contribution in [-0.4, -0.2) is 33.0 Å². The van der Waals surface area contributed by atoms with Gasteiger partial charge in [0.2, 0.25) is 0 Å². The molecule has 1 amide bonds. The van der Waals surface area contributed by atoms with Crippen LogP contribution in [0.5, 0.6) is 0 Å². The second kappa shape index (κ2) is 14.4. The maximum atomic E-state index is 12.2. The molecule has 0 bridgehead atoms. The van der Waals surface area contributed by atoms with Gasteiger partial charge in [0.1, 0.15) is 6.04 Å². The van der Waals surface area contributed by atoms with Gasteiger partial charge in [-0.25, -0.2) is 14.8 Å². The molecule has 2 aromatic carbocycles. The minimum Gasteiger partial charge on any atom is -0.480 e. The Hall–Kier alpha value is -3.84. The van der Waals surface area contributed by atoms with Gasteiger partial charge in [0.15, 0.2) is 5.82 Å². The maximum absolute atomic E-state index is 12.2. The number of carbonyl (C=O) groups is 2. The maximum Gasteiger partial charge on any atom is 0.326 e. The van der Waals surface area contributed by atoms with Crippen molar-refractivity contribution in [3.8, 4) is 22.5 Å². The Bertz CT molecular complexity index is 1160. The normalized spacial score (nSPS) is 10.6. The number of benzene rings is 2. The predicted molar refractivity (Wildman–Crippen MR) is 143 cm³/mol. The van der Waals surface area contributed by atoms with Crippen molar-refractivity contribution in [1.29, 1.82) is 0 Å². The molecule has 6 nitrogen and oxygen atoms in total. The summed E-state index contributed by atoms with van der Waals surface area (Å²) < 4.78 is 0. The van der Waals surface area contributed by atoms with E-state index >= 15 is 0 Å². The minimum absolute atomic E-state index is 0.181. The predicted octanol–water partition coefficient (Wildman–Crippen LogP) is 6.35. The molecule has 4 aromatic rings. The van der Waals surface area contributed by atoms with Gasteiger partial charge in [-0.2, -0.15) is 0 Å². The highest BCUT2D eigenvalue weighted by molar-refractivity contribution is 7.12. The standard InChI is InChI=1S/C24H19N3O3S.2C2H6/c28-23(21-7-4-12-31-21)27-20(24(29)30)13-16-8-10-18(11-9-16)22-25-14-19(15-26-22)17-5-2-1-3-6-17;2*1-2/h1-12,14-15,20H,13H2,(H,27,28)(H,29,30);2*1-2H3. The van der Waals surface area contributed by atoms with Crippen molar-refractivity contribution in [1.82, 2.24) is 15.3 Å². The topological polar surface area (TPSA) is 92.2 Å². The Balaban J connectivity index is 0.00000103. The number of aromatic nitrogens is 2. The van der Waals surface area contributed by atoms with E-state index in [0.29, 0.717) is 10.7 Å². The smallest absolute Gasteiger partial charge is 0.326 e. The number of carbonyl (C=O) groups excluding carboxylic acids is 1. The third-order valence-corrected chi connectivity index (χ3v) is 5.63. The third kappa shape index (κ3) is 7.86. The highest BCUT2D eigenvalue weighted by atomic mass is 32.1. The Labute approximate surface area is 210 Å². The van der Waals surface area contributed by atoms with Crippen LogP contribution in [-0.2, 0) is 11.2 Å². The van der Waals surface area contributed by atoms with Gasteiger partial charge in [0, 0.05) is 29.9 Å². The lowest BCUT2D eigenvalue weighted by atomic mass is 10.0. The number of carboxylic acids is 1. The molecule has 1 unspecified atom stereocenters. The lowest BCUT2D eigenvalue weighted by molar-refractivity contribution is -0.139. The van der Waals surface area contributed by atoms with E-state index in [9.17, 15) is 14.7 Å². The molecule has 7 heteroatoms. The lowest BCUT2D eigenvalue weighted by Gasteiger charge is -2.14. The molecular weight excluding hydrogens is 458 g/mol. The number of carboxylic acid groups (broad SMARTS) is 1. The summed E-state index contributed by atoms with van der Waals surface area (Å²) in [6.07, 6.45) is 3.75. The first kappa shape index (κ1) is 27.4. The van der Waals surface area contributed by atoms with Crippen molar-refractivity contribution in [2.24, 2.45) is 0 Å². The molecule has 4 rings (SSSR count). The molecule has 182 valence electrons. The monoisotopic (exact) mass is 489 g/mol. The first-order valence-electron chi connectivity index (χ1n) is 11.6. The quantitative estimate of drug-likeness (QED) is 0.316. The van der Waals surface area contributed by atoms with E-state index in [1.54, 1.807) is 29.9 Å². The highest BCUT2D eigenvalue weighted by Gasteiger charge is 2.21. The lowest BCUT2D eigenvalue weighted by Crippen LogP contribution is -2.42. The van der Waals surface area contributed by atoms with Gasteiger partial charge in [-0.3, -0.25) is 4.79 Å². The van der Waals surface area contributed by atoms with Crippen molar-refractivity contribution in [3.05, 3.63) is 94.9 Å². The van der Waals surface area contributed by atoms with Crippen molar-refractivity contribution in [3.63, 3.8) is 0 Å². The average Bonchev–Trinajstić information content (AvgIpc) is 3.47. The van der Waals surface area contributed by atoms with Gasteiger partial charge in [0.25, 0.3) is 5.91 Å². The van der Waals surface area contributed by atoms with Crippen LogP contribution >= 0.6 is 11.3 Å². The summed E-state index contributed by atoms with van der Waals surface area (Å²) in [5.41, 5.74) is 3.61. The molecule has 0 fully saturated rings. The van der Waals surface area contributed by atoms with Gasteiger partial charge >= 0.3 is 5.97 Å². The van der Waals surface area contributed by atoms with E-state index in [1.807, 2.05) is 82.3 Å². The summed E-state index contributed by atoms with van der Waals surface area (Å²) in [7, 11) is 0. The zero-order valence-electron chi connectivity index (χ0n) is 20.4. The molecule has 0 aliphatic rings. The number of thiophene rings is 1. The largest absolute Gasteiger partial charge is 0.480 e. The number of nitrogens with one attached hydrogen (secondary N) is 1. The molecule has 1 atom stereocenters. The van der Waals surface area contributed by atoms with Crippen LogP contribution in [0, 0.1) is 0 Å². The van der Waals surface area contributed by atoms with Crippen molar-refractivity contribution >= 4 is 23.2 Å². The molecule has 0 radical (unpaired) electrons. The number of amides is 1. The van der Waals surface area contributed by atoms with Crippen LogP contribution in [0.3, 0.4) is 0 Å². The van der Waals surface area contributed by atoms with Crippen LogP contribution in [0.2, 0.25) is 0 Å². The van der Waals surface area contributed by atoms with Crippen LogP contribution < -0.4 is 5.32 Å². The van der Waals surface area contributed by atoms with Gasteiger partial charge in [-0.05, 0) is 22.6 Å². The van der Waals surface area contributed by atoms with Gasteiger partial charge in [-0.1, -0.05) is 88.4 Å². The van der Waals surface area contributed by atoms with Crippen molar-refractivity contribution < 1.29 is 14.7 Å². The molecule has 2 heterocycles. The summed E-state index contributed by atoms with van der Waals surface area (Å²) in [5.74, 6) is -0.869. The van der Waals surface area contributed by atoms with Crippen LogP contribution in [0.25, 0.3) is 22.5 Å². The summed E-state index contributed by atoms with van der Waals surface area (Å²) in [5, 5.41) is 13.9. The summed E-state index contributed by atoms with van der Waals surface area (Å²) in [4.78, 5) is 33.2. The molecule has 0 aliphatic heterocycles. The molecular formula is C28H31N3O3S. The Morgan fingerprint density at radius 2 is 1.46 bits per heavy atom. The summed E-state index contributed by atoms with van der Waals surface area (Å²) in [6.45, 7) is 8.00. The molecule has 0 saturated heterocycles. The fourth-order valence-corrected chi connectivity index (χ4v) is 3.75. The fraction of sp³-hybridized carbons (Fsp3) is 0.214. The zero-order chi connectivity index (χ0) is 25.6. The molecule has 35 heavy (non-hydrogen) atoms. The summed E-state index contributed by atoms with van der Waals surface area (Å²) >= 11 is 1.27. The Kier molecular flexibility index (Phi) is 11.3.